The molecule has 2 fully saturated rings. The number of amides is 3. The van der Waals surface area contributed by atoms with Crippen LogP contribution < -0.4 is 10.2 Å². The van der Waals surface area contributed by atoms with E-state index in [2.05, 4.69) is 37.2 Å². The van der Waals surface area contributed by atoms with E-state index in [0.717, 1.165) is 35.1 Å². The van der Waals surface area contributed by atoms with Gasteiger partial charge in [0.25, 0.3) is 5.91 Å². The van der Waals surface area contributed by atoms with Crippen LogP contribution in [0.25, 0.3) is 0 Å². The Morgan fingerprint density at radius 2 is 1.34 bits per heavy atom. The van der Waals surface area contributed by atoms with Crippen molar-refractivity contribution in [2.75, 3.05) is 18.1 Å². The Balaban J connectivity index is 1.34. The van der Waals surface area contributed by atoms with Crippen molar-refractivity contribution in [3.05, 3.63) is 101 Å². The van der Waals surface area contributed by atoms with Crippen LogP contribution in [0.5, 0.6) is 0 Å². The lowest BCUT2D eigenvalue weighted by Gasteiger charge is -2.55. The Labute approximate surface area is 237 Å². The number of hydrogen-bond donors (Lipinski definition) is 1. The summed E-state index contributed by atoms with van der Waals surface area (Å²) in [6.45, 7) is 1.09. The van der Waals surface area contributed by atoms with Crippen LogP contribution in [0.4, 0.5) is 5.69 Å². The number of carbonyl (C=O) groups is 3. The van der Waals surface area contributed by atoms with E-state index in [-0.39, 0.29) is 23.8 Å². The van der Waals surface area contributed by atoms with Gasteiger partial charge in [-0.25, -0.2) is 4.90 Å². The fourth-order valence-electron chi connectivity index (χ4n) is 6.87. The first-order valence-corrected chi connectivity index (χ1v) is 14.4. The molecule has 3 aromatic carbocycles. The van der Waals surface area contributed by atoms with Gasteiger partial charge in [-0.3, -0.25) is 14.4 Å². The smallest absolute Gasteiger partial charge is 0.253 e. The number of anilines is 1. The lowest BCUT2D eigenvalue weighted by atomic mass is 9.54. The zero-order chi connectivity index (χ0) is 26.2. The molecule has 3 aliphatic carbocycles. The van der Waals surface area contributed by atoms with Crippen LogP contribution in [0.15, 0.2) is 72.8 Å². The molecule has 8 heteroatoms. The van der Waals surface area contributed by atoms with Gasteiger partial charge in [0.05, 0.1) is 37.8 Å². The SMILES string of the molecule is O=C(NC[C@H]1CCCO1)c1ccccc1N1C(=O)[C@@H]2[C@H](C1=O)C1(Br)c3ccccc3C2(Br)c2ccccc21. The summed E-state index contributed by atoms with van der Waals surface area (Å²) >= 11 is 8.05. The topological polar surface area (TPSA) is 75.7 Å². The minimum Gasteiger partial charge on any atom is -0.376 e. The van der Waals surface area contributed by atoms with Crippen LogP contribution in [0.3, 0.4) is 0 Å². The molecule has 5 aliphatic rings. The number of halogens is 2. The van der Waals surface area contributed by atoms with Gasteiger partial charge >= 0.3 is 0 Å². The molecule has 0 unspecified atom stereocenters. The van der Waals surface area contributed by atoms with E-state index in [1.165, 1.54) is 4.90 Å². The molecular weight excluding hydrogens is 612 g/mol. The minimum atomic E-state index is -0.876. The molecule has 3 amide bonds. The van der Waals surface area contributed by atoms with Crippen molar-refractivity contribution in [2.24, 2.45) is 11.8 Å². The number of para-hydroxylation sites is 1. The molecule has 8 rings (SSSR count). The lowest BCUT2D eigenvalue weighted by molar-refractivity contribution is -0.122. The second-order valence-corrected chi connectivity index (χ2v) is 12.8. The second kappa shape index (κ2) is 8.60. The number of nitrogens with one attached hydrogen (secondary N) is 1. The molecule has 192 valence electrons. The number of carbonyl (C=O) groups excluding carboxylic acids is 3. The van der Waals surface area contributed by atoms with Gasteiger partial charge in [-0.05, 0) is 47.2 Å². The standard InChI is InChI=1S/C30H24Br2N2O4/c31-29-19-10-2-3-11-20(19)30(32,22-13-5-4-12-21(22)29)25-24(29)27(36)34(28(25)37)23-14-6-1-9-18(23)26(35)33-16-17-8-7-15-38-17/h1-6,9-14,17,24-25H,7-8,15-16H2,(H,33,35)/t17-,24-,25+,29?,30?/m1/s1. The first-order valence-electron chi connectivity index (χ1n) is 12.8. The number of ether oxygens (including phenoxy) is 1. The highest BCUT2D eigenvalue weighted by molar-refractivity contribution is 9.10. The maximum Gasteiger partial charge on any atom is 0.253 e. The Bertz CT molecular complexity index is 1390. The fraction of sp³-hybridized carbons (Fsp3) is 0.300. The summed E-state index contributed by atoms with van der Waals surface area (Å²) in [4.78, 5) is 43.2. The van der Waals surface area contributed by atoms with Gasteiger partial charge in [-0.1, -0.05) is 92.5 Å². The lowest BCUT2D eigenvalue weighted by Crippen LogP contribution is -2.56. The monoisotopic (exact) mass is 634 g/mol. The Morgan fingerprint density at radius 3 is 1.84 bits per heavy atom. The van der Waals surface area contributed by atoms with Crippen molar-refractivity contribution < 1.29 is 19.1 Å². The van der Waals surface area contributed by atoms with Crippen molar-refractivity contribution in [3.63, 3.8) is 0 Å². The van der Waals surface area contributed by atoms with Crippen molar-refractivity contribution in [1.29, 1.82) is 0 Å². The first-order chi connectivity index (χ1) is 18.4. The van der Waals surface area contributed by atoms with E-state index in [1.807, 2.05) is 48.5 Å². The van der Waals surface area contributed by atoms with E-state index >= 15 is 0 Å². The third-order valence-electron chi connectivity index (χ3n) is 8.49. The molecule has 2 heterocycles. The van der Waals surface area contributed by atoms with E-state index in [9.17, 15) is 14.4 Å². The number of nitrogens with zero attached hydrogens (tertiary/aromatic N) is 1. The molecule has 0 aromatic heterocycles. The Kier molecular flexibility index (Phi) is 5.49. The third kappa shape index (κ3) is 3.05. The van der Waals surface area contributed by atoms with Crippen molar-refractivity contribution in [3.8, 4) is 0 Å². The molecule has 2 aliphatic heterocycles. The molecule has 1 N–H and O–H groups in total. The highest BCUT2D eigenvalue weighted by atomic mass is 79.9. The largest absolute Gasteiger partial charge is 0.376 e. The molecule has 0 saturated carbocycles. The molecule has 3 atom stereocenters. The average molecular weight is 636 g/mol. The quantitative estimate of drug-likeness (QED) is 0.323. The molecule has 6 nitrogen and oxygen atoms in total. The predicted molar refractivity (Wildman–Crippen MR) is 150 cm³/mol. The van der Waals surface area contributed by atoms with E-state index in [0.29, 0.717) is 24.4 Å². The van der Waals surface area contributed by atoms with Gasteiger partial charge < -0.3 is 10.1 Å². The summed E-state index contributed by atoms with van der Waals surface area (Å²) in [7, 11) is 0. The van der Waals surface area contributed by atoms with Crippen molar-refractivity contribution in [1.82, 2.24) is 5.32 Å². The summed E-state index contributed by atoms with van der Waals surface area (Å²) in [5.74, 6) is -2.35. The average Bonchev–Trinajstić information content (AvgIpc) is 3.56. The van der Waals surface area contributed by atoms with Crippen LogP contribution in [-0.4, -0.2) is 37.0 Å². The van der Waals surface area contributed by atoms with E-state index < -0.39 is 20.5 Å². The van der Waals surface area contributed by atoms with Crippen LogP contribution in [0, 0.1) is 11.8 Å². The second-order valence-electron chi connectivity index (χ2n) is 10.3. The van der Waals surface area contributed by atoms with E-state index in [1.54, 1.807) is 24.3 Å². The van der Waals surface area contributed by atoms with Gasteiger partial charge in [0.15, 0.2) is 0 Å². The molecular formula is C30H24Br2N2O4. The third-order valence-corrected chi connectivity index (χ3v) is 11.2. The molecule has 0 radical (unpaired) electrons. The summed E-state index contributed by atoms with van der Waals surface area (Å²) in [6.07, 6.45) is 1.86. The number of benzene rings is 3. The molecule has 0 spiro atoms. The molecule has 2 bridgehead atoms. The number of rotatable bonds is 4. The Hall–Kier alpha value is -2.81. The van der Waals surface area contributed by atoms with Crippen molar-refractivity contribution >= 4 is 55.3 Å². The molecule has 2 saturated heterocycles. The highest BCUT2D eigenvalue weighted by Crippen LogP contribution is 2.70. The number of alkyl halides is 2. The van der Waals surface area contributed by atoms with E-state index in [4.69, 9.17) is 4.74 Å². The maximum absolute atomic E-state index is 14.4. The molecule has 3 aromatic rings. The summed E-state index contributed by atoms with van der Waals surface area (Å²) in [5.41, 5.74) is 4.50. The Morgan fingerprint density at radius 1 is 0.842 bits per heavy atom. The number of hydrogen-bond acceptors (Lipinski definition) is 4. The fourth-order valence-corrected chi connectivity index (χ4v) is 9.18. The van der Waals surface area contributed by atoms with Gasteiger partial charge in [0, 0.05) is 13.2 Å². The van der Waals surface area contributed by atoms with Gasteiger partial charge in [-0.2, -0.15) is 0 Å². The van der Waals surface area contributed by atoms with Crippen LogP contribution in [-0.2, 0) is 23.0 Å². The van der Waals surface area contributed by atoms with Crippen LogP contribution in [0.1, 0.15) is 45.5 Å². The van der Waals surface area contributed by atoms with Crippen molar-refractivity contribution in [2.45, 2.75) is 27.6 Å². The van der Waals surface area contributed by atoms with Gasteiger partial charge in [0.1, 0.15) is 0 Å². The first kappa shape index (κ1) is 24.2. The minimum absolute atomic E-state index is 0.0156. The van der Waals surface area contributed by atoms with Gasteiger partial charge in [0.2, 0.25) is 11.8 Å². The maximum atomic E-state index is 14.4. The van der Waals surface area contributed by atoms with Crippen LogP contribution >= 0.6 is 31.9 Å². The summed E-state index contributed by atoms with van der Waals surface area (Å²) < 4.78 is 3.89. The zero-order valence-corrected chi connectivity index (χ0v) is 23.5. The summed E-state index contributed by atoms with van der Waals surface area (Å²) in [5, 5.41) is 2.94. The van der Waals surface area contributed by atoms with Crippen LogP contribution in [0.2, 0.25) is 0 Å². The summed E-state index contributed by atoms with van der Waals surface area (Å²) in [6, 6.07) is 22.8. The predicted octanol–water partition coefficient (Wildman–Crippen LogP) is 5.01. The zero-order valence-electron chi connectivity index (χ0n) is 20.3. The normalized spacial score (nSPS) is 30.7. The highest BCUT2D eigenvalue weighted by Gasteiger charge is 2.72. The number of imide groups is 1. The van der Waals surface area contributed by atoms with Gasteiger partial charge in [-0.15, -0.1) is 0 Å². The molecule has 38 heavy (non-hydrogen) atoms.